The first-order valence-corrected chi connectivity index (χ1v) is 11.2. The van der Waals surface area contributed by atoms with E-state index in [9.17, 15) is 13.2 Å². The van der Waals surface area contributed by atoms with Gasteiger partial charge in [-0.1, -0.05) is 37.3 Å². The van der Waals surface area contributed by atoms with Crippen molar-refractivity contribution in [1.82, 2.24) is 9.62 Å². The van der Waals surface area contributed by atoms with E-state index in [2.05, 4.69) is 12.2 Å². The van der Waals surface area contributed by atoms with Crippen LogP contribution in [0.3, 0.4) is 0 Å². The average Bonchev–Trinajstić information content (AvgIpc) is 3.16. The fourth-order valence-electron chi connectivity index (χ4n) is 3.53. The molecule has 29 heavy (non-hydrogen) atoms. The molecule has 152 valence electrons. The number of hydrogen-bond acceptors (Lipinski definition) is 4. The van der Waals surface area contributed by atoms with Gasteiger partial charge in [0.25, 0.3) is 5.91 Å². The lowest BCUT2D eigenvalue weighted by molar-refractivity contribution is 0.0925. The first-order chi connectivity index (χ1) is 13.9. The highest BCUT2D eigenvalue weighted by Crippen LogP contribution is 2.27. The first kappa shape index (κ1) is 19.7. The Hall–Kier alpha value is -2.64. The maximum Gasteiger partial charge on any atom is 0.287 e. The summed E-state index contributed by atoms with van der Waals surface area (Å²) in [5, 5.41) is 3.42. The number of amides is 1. The Bertz CT molecular complexity index is 1110. The van der Waals surface area contributed by atoms with Crippen molar-refractivity contribution in [3.63, 3.8) is 0 Å². The van der Waals surface area contributed by atoms with E-state index in [4.69, 9.17) is 4.42 Å². The molecule has 0 bridgehead atoms. The third-order valence-electron chi connectivity index (χ3n) is 5.39. The Labute approximate surface area is 170 Å². The second kappa shape index (κ2) is 8.00. The van der Waals surface area contributed by atoms with Crippen molar-refractivity contribution in [2.45, 2.75) is 31.2 Å². The minimum Gasteiger partial charge on any atom is -0.451 e. The highest BCUT2D eigenvalue weighted by molar-refractivity contribution is 7.89. The molecule has 1 aromatic heterocycles. The second-order valence-corrected chi connectivity index (χ2v) is 9.50. The second-order valence-electron chi connectivity index (χ2n) is 7.57. The van der Waals surface area contributed by atoms with Crippen LogP contribution in [0, 0.1) is 5.92 Å². The largest absolute Gasteiger partial charge is 0.451 e. The number of hydrogen-bond donors (Lipinski definition) is 1. The van der Waals surface area contributed by atoms with Crippen molar-refractivity contribution in [3.8, 4) is 0 Å². The molecule has 3 aromatic rings. The number of fused-ring (bicyclic) bond motifs is 1. The van der Waals surface area contributed by atoms with Gasteiger partial charge in [0.1, 0.15) is 5.58 Å². The van der Waals surface area contributed by atoms with Crippen molar-refractivity contribution in [3.05, 3.63) is 65.9 Å². The number of sulfonamides is 1. The molecular formula is C22H24N2O4S. The number of carbonyl (C=O) groups is 1. The molecule has 6 nitrogen and oxygen atoms in total. The van der Waals surface area contributed by atoms with Crippen LogP contribution >= 0.6 is 0 Å². The van der Waals surface area contributed by atoms with Gasteiger partial charge in [-0.2, -0.15) is 4.31 Å². The van der Waals surface area contributed by atoms with E-state index in [-0.39, 0.29) is 16.6 Å². The van der Waals surface area contributed by atoms with Crippen molar-refractivity contribution >= 4 is 26.9 Å². The Morgan fingerprint density at radius 1 is 1.10 bits per heavy atom. The molecule has 7 heteroatoms. The molecule has 0 saturated carbocycles. The third-order valence-corrected chi connectivity index (χ3v) is 7.28. The Kier molecular flexibility index (Phi) is 5.43. The summed E-state index contributed by atoms with van der Waals surface area (Å²) >= 11 is 0. The van der Waals surface area contributed by atoms with Gasteiger partial charge in [0.05, 0.1) is 4.90 Å². The predicted molar refractivity (Wildman–Crippen MR) is 111 cm³/mol. The lowest BCUT2D eigenvalue weighted by Crippen LogP contribution is -2.37. The third kappa shape index (κ3) is 4.21. The van der Waals surface area contributed by atoms with Gasteiger partial charge >= 0.3 is 0 Å². The molecule has 0 unspecified atom stereocenters. The zero-order valence-corrected chi connectivity index (χ0v) is 17.1. The lowest BCUT2D eigenvalue weighted by Gasteiger charge is -2.29. The summed E-state index contributed by atoms with van der Waals surface area (Å²) in [7, 11) is -3.54. The maximum atomic E-state index is 13.0. The molecule has 1 amide bonds. The molecule has 0 aliphatic carbocycles. The quantitative estimate of drug-likeness (QED) is 0.692. The number of piperidine rings is 1. The van der Waals surface area contributed by atoms with Crippen LogP contribution in [0.4, 0.5) is 0 Å². The average molecular weight is 413 g/mol. The van der Waals surface area contributed by atoms with Gasteiger partial charge in [-0.15, -0.1) is 0 Å². The van der Waals surface area contributed by atoms with Crippen LogP contribution in [0.15, 0.2) is 63.9 Å². The number of nitrogens with one attached hydrogen (secondary N) is 1. The number of carbonyl (C=O) groups excluding carboxylic acids is 1. The molecule has 2 heterocycles. The molecule has 1 saturated heterocycles. The summed E-state index contributed by atoms with van der Waals surface area (Å²) in [6, 6.07) is 15.9. The summed E-state index contributed by atoms with van der Waals surface area (Å²) < 4.78 is 33.1. The van der Waals surface area contributed by atoms with Gasteiger partial charge in [0.2, 0.25) is 10.0 Å². The minimum atomic E-state index is -3.54. The normalized spacial score (nSPS) is 16.2. The molecule has 0 spiro atoms. The van der Waals surface area contributed by atoms with E-state index in [1.165, 1.54) is 0 Å². The summed E-state index contributed by atoms with van der Waals surface area (Å²) in [5.74, 6) is 0.381. The highest BCUT2D eigenvalue weighted by Gasteiger charge is 2.28. The molecule has 2 aromatic carbocycles. The van der Waals surface area contributed by atoms with Crippen LogP contribution in [0.2, 0.25) is 0 Å². The topological polar surface area (TPSA) is 79.6 Å². The van der Waals surface area contributed by atoms with Crippen LogP contribution in [-0.4, -0.2) is 31.7 Å². The predicted octanol–water partition coefficient (Wildman–Crippen LogP) is 3.78. The number of benzene rings is 2. The highest BCUT2D eigenvalue weighted by atomic mass is 32.2. The standard InChI is InChI=1S/C22H24N2O4S/c1-16-9-11-24(12-10-16)29(26,27)19-7-8-20-18(13-19)14-21(28-20)22(25)23-15-17-5-3-2-4-6-17/h2-8,13-14,16H,9-12,15H2,1H3,(H,23,25). The van der Waals surface area contributed by atoms with Crippen molar-refractivity contribution in [2.75, 3.05) is 13.1 Å². The van der Waals surface area contributed by atoms with Gasteiger partial charge in [0.15, 0.2) is 5.76 Å². The van der Waals surface area contributed by atoms with Crippen LogP contribution in [0.25, 0.3) is 11.0 Å². The zero-order valence-electron chi connectivity index (χ0n) is 16.3. The van der Waals surface area contributed by atoms with Gasteiger partial charge in [-0.3, -0.25) is 4.79 Å². The number of furan rings is 1. The van der Waals surface area contributed by atoms with Gasteiger partial charge < -0.3 is 9.73 Å². The monoisotopic (exact) mass is 412 g/mol. The van der Waals surface area contributed by atoms with E-state index in [1.54, 1.807) is 28.6 Å². The molecule has 1 aliphatic heterocycles. The van der Waals surface area contributed by atoms with Gasteiger partial charge in [-0.25, -0.2) is 8.42 Å². The first-order valence-electron chi connectivity index (χ1n) is 9.79. The van der Waals surface area contributed by atoms with Gasteiger partial charge in [-0.05, 0) is 48.6 Å². The summed E-state index contributed by atoms with van der Waals surface area (Å²) in [6.07, 6.45) is 1.75. The Morgan fingerprint density at radius 3 is 2.55 bits per heavy atom. The molecule has 1 aliphatic rings. The van der Waals surface area contributed by atoms with Crippen molar-refractivity contribution in [2.24, 2.45) is 5.92 Å². The zero-order chi connectivity index (χ0) is 20.4. The maximum absolute atomic E-state index is 13.0. The Balaban J connectivity index is 1.52. The van der Waals surface area contributed by atoms with E-state index in [0.717, 1.165) is 18.4 Å². The molecular weight excluding hydrogens is 388 g/mol. The van der Waals surface area contributed by atoms with Crippen molar-refractivity contribution in [1.29, 1.82) is 0 Å². The summed E-state index contributed by atoms with van der Waals surface area (Å²) in [5.41, 5.74) is 1.47. The van der Waals surface area contributed by atoms with E-state index in [1.807, 2.05) is 30.3 Å². The smallest absolute Gasteiger partial charge is 0.287 e. The van der Waals surface area contributed by atoms with Crippen LogP contribution in [-0.2, 0) is 16.6 Å². The summed E-state index contributed by atoms with van der Waals surface area (Å²) in [4.78, 5) is 12.6. The lowest BCUT2D eigenvalue weighted by atomic mass is 10.0. The molecule has 1 fully saturated rings. The fraction of sp³-hybridized carbons (Fsp3) is 0.318. The summed E-state index contributed by atoms with van der Waals surface area (Å²) in [6.45, 7) is 3.62. The fourth-order valence-corrected chi connectivity index (χ4v) is 5.04. The van der Waals surface area contributed by atoms with Crippen LogP contribution in [0.1, 0.15) is 35.9 Å². The number of nitrogens with zero attached hydrogens (tertiary/aromatic N) is 1. The minimum absolute atomic E-state index is 0.164. The Morgan fingerprint density at radius 2 is 1.83 bits per heavy atom. The van der Waals surface area contributed by atoms with Crippen LogP contribution in [0.5, 0.6) is 0 Å². The van der Waals surface area contributed by atoms with Crippen molar-refractivity contribution < 1.29 is 17.6 Å². The van der Waals surface area contributed by atoms with Crippen LogP contribution < -0.4 is 5.32 Å². The van der Waals surface area contributed by atoms with E-state index >= 15 is 0 Å². The SMILES string of the molecule is CC1CCN(S(=O)(=O)c2ccc3oc(C(=O)NCc4ccccc4)cc3c2)CC1. The molecule has 0 radical (unpaired) electrons. The molecule has 0 atom stereocenters. The van der Waals surface area contributed by atoms with Gasteiger partial charge in [0, 0.05) is 25.0 Å². The molecule has 1 N–H and O–H groups in total. The molecule has 4 rings (SSSR count). The number of rotatable bonds is 5. The van der Waals surface area contributed by atoms with E-state index < -0.39 is 10.0 Å². The van der Waals surface area contributed by atoms with E-state index in [0.29, 0.717) is 36.5 Å².